The molecule has 2 aromatic carbocycles. The van der Waals surface area contributed by atoms with Crippen LogP contribution in [-0.4, -0.2) is 36.7 Å². The number of nitrogens with zero attached hydrogens (tertiary/aromatic N) is 1. The Morgan fingerprint density at radius 2 is 1.92 bits per heavy atom. The SMILES string of the molecule is CS(=O)(=O)c1cccc(C(=O)NCCn2c(=O)[nH]c3ccccc32)c1. The molecule has 0 spiro atoms. The fourth-order valence-corrected chi connectivity index (χ4v) is 3.25. The maximum Gasteiger partial charge on any atom is 0.326 e. The third-order valence-electron chi connectivity index (χ3n) is 3.83. The summed E-state index contributed by atoms with van der Waals surface area (Å²) < 4.78 is 24.7. The molecule has 8 heteroatoms. The quantitative estimate of drug-likeness (QED) is 0.714. The molecular weight excluding hydrogens is 342 g/mol. The van der Waals surface area contributed by atoms with Crippen molar-refractivity contribution in [1.29, 1.82) is 0 Å². The van der Waals surface area contributed by atoms with Crippen LogP contribution in [0.5, 0.6) is 0 Å². The monoisotopic (exact) mass is 359 g/mol. The summed E-state index contributed by atoms with van der Waals surface area (Å²) in [6.07, 6.45) is 1.09. The van der Waals surface area contributed by atoms with Crippen LogP contribution >= 0.6 is 0 Å². The number of imidazole rings is 1. The summed E-state index contributed by atoms with van der Waals surface area (Å²) in [5.41, 5.74) is 1.52. The molecule has 0 saturated heterocycles. The van der Waals surface area contributed by atoms with Gasteiger partial charge in [0.05, 0.1) is 15.9 Å². The van der Waals surface area contributed by atoms with Crippen molar-refractivity contribution in [2.75, 3.05) is 12.8 Å². The zero-order chi connectivity index (χ0) is 18.0. The van der Waals surface area contributed by atoms with Gasteiger partial charge >= 0.3 is 5.69 Å². The van der Waals surface area contributed by atoms with Crippen molar-refractivity contribution in [3.05, 3.63) is 64.6 Å². The number of sulfone groups is 1. The van der Waals surface area contributed by atoms with Crippen LogP contribution in [0.1, 0.15) is 10.4 Å². The predicted molar refractivity (Wildman–Crippen MR) is 94.4 cm³/mol. The molecule has 1 aromatic heterocycles. The van der Waals surface area contributed by atoms with Crippen molar-refractivity contribution in [3.63, 3.8) is 0 Å². The molecular formula is C17H17N3O4S. The summed E-state index contributed by atoms with van der Waals surface area (Å²) in [5, 5.41) is 2.70. The Kier molecular flexibility index (Phi) is 4.45. The molecule has 1 heterocycles. The summed E-state index contributed by atoms with van der Waals surface area (Å²) in [5.74, 6) is -0.390. The van der Waals surface area contributed by atoms with Gasteiger partial charge < -0.3 is 10.3 Å². The van der Waals surface area contributed by atoms with Crippen molar-refractivity contribution < 1.29 is 13.2 Å². The second kappa shape index (κ2) is 6.56. The first-order chi connectivity index (χ1) is 11.9. The largest absolute Gasteiger partial charge is 0.350 e. The smallest absolute Gasteiger partial charge is 0.326 e. The number of aromatic nitrogens is 2. The Balaban J connectivity index is 1.71. The Bertz CT molecular complexity index is 1100. The number of hydrogen-bond donors (Lipinski definition) is 2. The van der Waals surface area contributed by atoms with Gasteiger partial charge in [0.15, 0.2) is 9.84 Å². The lowest BCUT2D eigenvalue weighted by Gasteiger charge is -2.07. The lowest BCUT2D eigenvalue weighted by Crippen LogP contribution is -2.30. The number of para-hydroxylation sites is 2. The number of carbonyl (C=O) groups is 1. The molecule has 0 saturated carbocycles. The van der Waals surface area contributed by atoms with Crippen LogP contribution in [0.25, 0.3) is 11.0 Å². The summed E-state index contributed by atoms with van der Waals surface area (Å²) >= 11 is 0. The minimum atomic E-state index is -3.37. The minimum absolute atomic E-state index is 0.0907. The van der Waals surface area contributed by atoms with E-state index in [4.69, 9.17) is 0 Å². The lowest BCUT2D eigenvalue weighted by atomic mass is 10.2. The van der Waals surface area contributed by atoms with E-state index < -0.39 is 15.7 Å². The van der Waals surface area contributed by atoms with Crippen molar-refractivity contribution in [1.82, 2.24) is 14.9 Å². The van der Waals surface area contributed by atoms with Gasteiger partial charge in [-0.05, 0) is 30.3 Å². The molecule has 7 nitrogen and oxygen atoms in total. The molecule has 0 aliphatic heterocycles. The molecule has 2 N–H and O–H groups in total. The molecule has 0 bridgehead atoms. The number of fused-ring (bicyclic) bond motifs is 1. The van der Waals surface area contributed by atoms with E-state index in [0.29, 0.717) is 6.54 Å². The number of rotatable bonds is 5. The van der Waals surface area contributed by atoms with Crippen molar-refractivity contribution in [2.45, 2.75) is 11.4 Å². The number of H-pyrrole nitrogens is 1. The Morgan fingerprint density at radius 1 is 1.16 bits per heavy atom. The molecule has 0 aliphatic carbocycles. The molecule has 0 radical (unpaired) electrons. The first-order valence-electron chi connectivity index (χ1n) is 7.62. The van der Waals surface area contributed by atoms with Gasteiger partial charge in [-0.3, -0.25) is 9.36 Å². The van der Waals surface area contributed by atoms with E-state index in [2.05, 4.69) is 10.3 Å². The van der Waals surface area contributed by atoms with E-state index in [1.54, 1.807) is 10.6 Å². The van der Waals surface area contributed by atoms with Crippen LogP contribution in [0.3, 0.4) is 0 Å². The highest BCUT2D eigenvalue weighted by Gasteiger charge is 2.12. The molecule has 3 rings (SSSR count). The number of amides is 1. The number of nitrogens with one attached hydrogen (secondary N) is 2. The fraction of sp³-hybridized carbons (Fsp3) is 0.176. The third-order valence-corrected chi connectivity index (χ3v) is 4.94. The highest BCUT2D eigenvalue weighted by atomic mass is 32.2. The van der Waals surface area contributed by atoms with Crippen LogP contribution in [0.4, 0.5) is 0 Å². The highest BCUT2D eigenvalue weighted by Crippen LogP contribution is 2.11. The first kappa shape index (κ1) is 17.0. The standard InChI is InChI=1S/C17H17N3O4S/c1-25(23,24)13-6-4-5-12(11-13)16(21)18-9-10-20-15-8-3-2-7-14(15)19-17(20)22/h2-8,11H,9-10H2,1H3,(H,18,21)(H,19,22). The van der Waals surface area contributed by atoms with Crippen LogP contribution in [0, 0.1) is 0 Å². The van der Waals surface area contributed by atoms with Crippen molar-refractivity contribution in [2.24, 2.45) is 0 Å². The van der Waals surface area contributed by atoms with E-state index in [0.717, 1.165) is 17.3 Å². The maximum absolute atomic E-state index is 12.2. The first-order valence-corrected chi connectivity index (χ1v) is 9.51. The average molecular weight is 359 g/mol. The molecule has 0 aliphatic rings. The van der Waals surface area contributed by atoms with Gasteiger partial charge in [-0.15, -0.1) is 0 Å². The lowest BCUT2D eigenvalue weighted by molar-refractivity contribution is 0.0952. The summed E-state index contributed by atoms with van der Waals surface area (Å²) in [6.45, 7) is 0.546. The summed E-state index contributed by atoms with van der Waals surface area (Å²) in [4.78, 5) is 27.0. The Labute approximate surface area is 144 Å². The Hall–Kier alpha value is -2.87. The Morgan fingerprint density at radius 3 is 2.68 bits per heavy atom. The van der Waals surface area contributed by atoms with Crippen LogP contribution < -0.4 is 11.0 Å². The van der Waals surface area contributed by atoms with Crippen LogP contribution in [0.2, 0.25) is 0 Å². The second-order valence-corrected chi connectivity index (χ2v) is 7.67. The zero-order valence-electron chi connectivity index (χ0n) is 13.5. The number of carbonyl (C=O) groups excluding carboxylic acids is 1. The normalized spacial score (nSPS) is 11.6. The summed E-state index contributed by atoms with van der Waals surface area (Å²) in [7, 11) is -3.37. The van der Waals surface area contributed by atoms with Gasteiger partial charge in [0.1, 0.15) is 0 Å². The van der Waals surface area contributed by atoms with E-state index in [1.165, 1.54) is 18.2 Å². The molecule has 0 unspecified atom stereocenters. The van der Waals surface area contributed by atoms with Crippen LogP contribution in [-0.2, 0) is 16.4 Å². The zero-order valence-corrected chi connectivity index (χ0v) is 14.3. The molecule has 0 atom stereocenters. The topological polar surface area (TPSA) is 101 Å². The number of hydrogen-bond acceptors (Lipinski definition) is 4. The number of benzene rings is 2. The van der Waals surface area contributed by atoms with Gasteiger partial charge in [-0.2, -0.15) is 0 Å². The average Bonchev–Trinajstić information content (AvgIpc) is 2.90. The van der Waals surface area contributed by atoms with E-state index in [1.807, 2.05) is 24.3 Å². The highest BCUT2D eigenvalue weighted by molar-refractivity contribution is 7.90. The maximum atomic E-state index is 12.2. The van der Waals surface area contributed by atoms with Crippen molar-refractivity contribution in [3.8, 4) is 0 Å². The van der Waals surface area contributed by atoms with E-state index in [9.17, 15) is 18.0 Å². The molecule has 130 valence electrons. The van der Waals surface area contributed by atoms with Gasteiger partial charge in [0, 0.05) is 24.9 Å². The molecule has 0 fully saturated rings. The molecule has 1 amide bonds. The summed E-state index contributed by atoms with van der Waals surface area (Å²) in [6, 6.07) is 13.1. The predicted octanol–water partition coefficient (Wildman–Crippen LogP) is 1.16. The third kappa shape index (κ3) is 3.63. The van der Waals surface area contributed by atoms with Gasteiger partial charge in [0.25, 0.3) is 5.91 Å². The second-order valence-electron chi connectivity index (χ2n) is 5.65. The number of aromatic amines is 1. The van der Waals surface area contributed by atoms with E-state index in [-0.39, 0.29) is 22.7 Å². The fourth-order valence-electron chi connectivity index (χ4n) is 2.58. The van der Waals surface area contributed by atoms with Gasteiger partial charge in [0.2, 0.25) is 0 Å². The van der Waals surface area contributed by atoms with Crippen LogP contribution in [0.15, 0.2) is 58.2 Å². The molecule has 25 heavy (non-hydrogen) atoms. The van der Waals surface area contributed by atoms with Gasteiger partial charge in [-0.25, -0.2) is 13.2 Å². The van der Waals surface area contributed by atoms with Gasteiger partial charge in [-0.1, -0.05) is 18.2 Å². The minimum Gasteiger partial charge on any atom is -0.350 e. The van der Waals surface area contributed by atoms with Crippen molar-refractivity contribution >= 4 is 26.8 Å². The van der Waals surface area contributed by atoms with E-state index >= 15 is 0 Å². The molecule has 3 aromatic rings.